The van der Waals surface area contributed by atoms with Crippen molar-refractivity contribution in [1.29, 1.82) is 0 Å². The van der Waals surface area contributed by atoms with Crippen LogP contribution < -0.4 is 4.57 Å². The van der Waals surface area contributed by atoms with Crippen LogP contribution in [0, 0.1) is 0 Å². The molecule has 2 aromatic rings. The van der Waals surface area contributed by atoms with Gasteiger partial charge < -0.3 is 0 Å². The zero-order valence-electron chi connectivity index (χ0n) is 7.60. The van der Waals surface area contributed by atoms with Crippen molar-refractivity contribution in [3.8, 4) is 0 Å². The predicted molar refractivity (Wildman–Crippen MR) is 57.7 cm³/mol. The van der Waals surface area contributed by atoms with Gasteiger partial charge in [0.1, 0.15) is 6.20 Å². The molecule has 0 aliphatic rings. The molecule has 14 heavy (non-hydrogen) atoms. The number of hydrogen-bond donors (Lipinski definition) is 0. The maximum Gasteiger partial charge on any atom is 0.266 e. The Bertz CT molecular complexity index is 415. The summed E-state index contributed by atoms with van der Waals surface area (Å²) in [6, 6.07) is 10.3. The number of benzene rings is 1. The van der Waals surface area contributed by atoms with Crippen LogP contribution in [0.4, 0.5) is 0 Å². The average Bonchev–Trinajstić information content (AvgIpc) is 2.23. The minimum atomic E-state index is 0.865. The van der Waals surface area contributed by atoms with E-state index < -0.39 is 0 Å². The van der Waals surface area contributed by atoms with E-state index in [1.54, 1.807) is 12.4 Å². The van der Waals surface area contributed by atoms with E-state index in [4.69, 9.17) is 0 Å². The average molecular weight is 250 g/mol. The quantitative estimate of drug-likeness (QED) is 0.746. The molecule has 1 heterocycles. The van der Waals surface area contributed by atoms with Crippen molar-refractivity contribution in [2.75, 3.05) is 0 Å². The highest BCUT2D eigenvalue weighted by molar-refractivity contribution is 9.10. The van der Waals surface area contributed by atoms with E-state index in [0.717, 1.165) is 11.1 Å². The van der Waals surface area contributed by atoms with E-state index >= 15 is 0 Å². The monoisotopic (exact) mass is 249 g/mol. The van der Waals surface area contributed by atoms with Crippen LogP contribution in [0.2, 0.25) is 0 Å². The van der Waals surface area contributed by atoms with Crippen molar-refractivity contribution < 1.29 is 4.57 Å². The van der Waals surface area contributed by atoms with Gasteiger partial charge in [0.05, 0.1) is 6.20 Å². The lowest BCUT2D eigenvalue weighted by Crippen LogP contribution is -2.35. The molecular formula is C11H10BrN2+. The Kier molecular flexibility index (Phi) is 2.89. The van der Waals surface area contributed by atoms with Crippen molar-refractivity contribution in [2.45, 2.75) is 6.54 Å². The molecule has 0 aliphatic heterocycles. The molecule has 0 fully saturated rings. The maximum atomic E-state index is 4.02. The van der Waals surface area contributed by atoms with Crippen molar-refractivity contribution in [3.05, 3.63) is 59.1 Å². The van der Waals surface area contributed by atoms with E-state index in [9.17, 15) is 0 Å². The Morgan fingerprint density at radius 1 is 1.21 bits per heavy atom. The van der Waals surface area contributed by atoms with Gasteiger partial charge in [0.2, 0.25) is 0 Å². The fourth-order valence-electron chi connectivity index (χ4n) is 1.28. The van der Waals surface area contributed by atoms with Crippen LogP contribution in [-0.2, 0) is 6.54 Å². The standard InChI is InChI=1S/C11H10BrN2/c12-11-8-13-6-7-14(11)9-10-4-2-1-3-5-10/h1-8H,9H2/q+1. The first kappa shape index (κ1) is 9.34. The minimum absolute atomic E-state index is 0.865. The van der Waals surface area contributed by atoms with Crippen LogP contribution in [0.1, 0.15) is 5.56 Å². The number of hydrogen-bond acceptors (Lipinski definition) is 1. The lowest BCUT2D eigenvalue weighted by molar-refractivity contribution is -0.699. The molecule has 2 nitrogen and oxygen atoms in total. The summed E-state index contributed by atoms with van der Waals surface area (Å²) in [7, 11) is 0. The number of halogens is 1. The molecule has 0 radical (unpaired) electrons. The van der Waals surface area contributed by atoms with Crippen LogP contribution in [0.5, 0.6) is 0 Å². The first-order chi connectivity index (χ1) is 6.86. The molecule has 0 N–H and O–H groups in total. The third kappa shape index (κ3) is 2.17. The van der Waals surface area contributed by atoms with Gasteiger partial charge in [-0.15, -0.1) is 0 Å². The molecule has 0 saturated carbocycles. The second kappa shape index (κ2) is 4.33. The molecule has 1 aromatic carbocycles. The summed E-state index contributed by atoms with van der Waals surface area (Å²) in [6.07, 6.45) is 5.54. The summed E-state index contributed by atoms with van der Waals surface area (Å²) in [5.74, 6) is 0. The van der Waals surface area contributed by atoms with E-state index in [-0.39, 0.29) is 0 Å². The molecular weight excluding hydrogens is 240 g/mol. The molecule has 0 unspecified atom stereocenters. The number of nitrogens with zero attached hydrogens (tertiary/aromatic N) is 2. The molecule has 0 atom stereocenters. The topological polar surface area (TPSA) is 16.8 Å². The van der Waals surface area contributed by atoms with Crippen molar-refractivity contribution >= 4 is 15.9 Å². The van der Waals surface area contributed by atoms with Crippen LogP contribution in [0.25, 0.3) is 0 Å². The molecule has 0 saturated heterocycles. The molecule has 1 aromatic heterocycles. The lowest BCUT2D eigenvalue weighted by atomic mass is 10.2. The van der Waals surface area contributed by atoms with Gasteiger partial charge in [-0.3, -0.25) is 4.98 Å². The van der Waals surface area contributed by atoms with E-state index in [0.29, 0.717) is 0 Å². The molecule has 0 spiro atoms. The van der Waals surface area contributed by atoms with Crippen molar-refractivity contribution in [1.82, 2.24) is 4.98 Å². The molecule has 0 bridgehead atoms. The smallest absolute Gasteiger partial charge is 0.251 e. The zero-order valence-corrected chi connectivity index (χ0v) is 9.18. The van der Waals surface area contributed by atoms with Gasteiger partial charge in [0.15, 0.2) is 12.7 Å². The predicted octanol–water partition coefficient (Wildman–Crippen LogP) is 2.18. The summed E-state index contributed by atoms with van der Waals surface area (Å²) in [4.78, 5) is 4.02. The van der Waals surface area contributed by atoms with Crippen LogP contribution in [-0.4, -0.2) is 4.98 Å². The van der Waals surface area contributed by atoms with E-state index in [1.807, 2.05) is 24.4 Å². The van der Waals surface area contributed by atoms with Crippen molar-refractivity contribution in [2.24, 2.45) is 0 Å². The van der Waals surface area contributed by atoms with Gasteiger partial charge in [-0.1, -0.05) is 30.3 Å². The Balaban J connectivity index is 2.24. The first-order valence-corrected chi connectivity index (χ1v) is 5.18. The summed E-state index contributed by atoms with van der Waals surface area (Å²) >= 11 is 3.45. The highest BCUT2D eigenvalue weighted by Crippen LogP contribution is 2.02. The molecule has 2 rings (SSSR count). The summed E-state index contributed by atoms with van der Waals surface area (Å²) in [5.41, 5.74) is 1.28. The van der Waals surface area contributed by atoms with Gasteiger partial charge in [-0.2, -0.15) is 4.57 Å². The SMILES string of the molecule is Brc1cncc[n+]1Cc1ccccc1. The van der Waals surface area contributed by atoms with Gasteiger partial charge in [-0.25, -0.2) is 0 Å². The number of rotatable bonds is 2. The van der Waals surface area contributed by atoms with E-state index in [1.165, 1.54) is 5.56 Å². The van der Waals surface area contributed by atoms with Crippen LogP contribution >= 0.6 is 15.9 Å². The Morgan fingerprint density at radius 3 is 2.71 bits per heavy atom. The van der Waals surface area contributed by atoms with E-state index in [2.05, 4.69) is 37.6 Å². The first-order valence-electron chi connectivity index (χ1n) is 4.39. The zero-order chi connectivity index (χ0) is 9.80. The normalized spacial score (nSPS) is 10.1. The van der Waals surface area contributed by atoms with Gasteiger partial charge >= 0.3 is 0 Å². The third-order valence-corrected chi connectivity index (χ3v) is 2.64. The molecule has 0 amide bonds. The fraction of sp³-hybridized carbons (Fsp3) is 0.0909. The third-order valence-electron chi connectivity index (χ3n) is 1.98. The largest absolute Gasteiger partial charge is 0.266 e. The summed E-state index contributed by atoms with van der Waals surface area (Å²) in [5, 5.41) is 0. The molecule has 70 valence electrons. The minimum Gasteiger partial charge on any atom is -0.251 e. The molecule has 3 heteroatoms. The van der Waals surface area contributed by atoms with Crippen LogP contribution in [0.15, 0.2) is 53.5 Å². The van der Waals surface area contributed by atoms with Gasteiger partial charge in [0, 0.05) is 21.5 Å². The highest BCUT2D eigenvalue weighted by Gasteiger charge is 2.06. The molecule has 0 aliphatic carbocycles. The van der Waals surface area contributed by atoms with Gasteiger partial charge in [0.25, 0.3) is 4.60 Å². The second-order valence-corrected chi connectivity index (χ2v) is 3.83. The number of aromatic nitrogens is 2. The Hall–Kier alpha value is -1.22. The lowest BCUT2D eigenvalue weighted by Gasteiger charge is -1.98. The van der Waals surface area contributed by atoms with Crippen molar-refractivity contribution in [3.63, 3.8) is 0 Å². The fourth-order valence-corrected chi connectivity index (χ4v) is 1.64. The van der Waals surface area contributed by atoms with Crippen LogP contribution in [0.3, 0.4) is 0 Å². The highest BCUT2D eigenvalue weighted by atomic mass is 79.9. The summed E-state index contributed by atoms with van der Waals surface area (Å²) in [6.45, 7) is 0.865. The second-order valence-electron chi connectivity index (χ2n) is 3.01. The summed E-state index contributed by atoms with van der Waals surface area (Å²) < 4.78 is 3.09. The van der Waals surface area contributed by atoms with Gasteiger partial charge in [-0.05, 0) is 0 Å². The Morgan fingerprint density at radius 2 is 2.00 bits per heavy atom. The Labute approximate surface area is 91.4 Å². The maximum absolute atomic E-state index is 4.02.